The van der Waals surface area contributed by atoms with Gasteiger partial charge >= 0.3 is 0 Å². The van der Waals surface area contributed by atoms with Crippen LogP contribution in [0.25, 0.3) is 10.2 Å². The highest BCUT2D eigenvalue weighted by atomic mass is 32.2. The highest BCUT2D eigenvalue weighted by Gasteiger charge is 2.20. The molecule has 0 aromatic carbocycles. The van der Waals surface area contributed by atoms with E-state index in [2.05, 4.69) is 36.1 Å². The lowest BCUT2D eigenvalue weighted by molar-refractivity contribution is -0.120. The fraction of sp³-hybridized carbons (Fsp3) is 0.611. The Kier molecular flexibility index (Phi) is 6.68. The summed E-state index contributed by atoms with van der Waals surface area (Å²) in [6, 6.07) is 0.0908. The van der Waals surface area contributed by atoms with Gasteiger partial charge in [-0.2, -0.15) is 0 Å². The summed E-state index contributed by atoms with van der Waals surface area (Å²) in [6.07, 6.45) is 1.98. The molecule has 0 aliphatic heterocycles. The molecule has 0 spiro atoms. The number of nitrogens with one attached hydrogen (secondary N) is 2. The molecular formula is C18H27N3O2S2. The molecule has 2 heterocycles. The third-order valence-corrected chi connectivity index (χ3v) is 6.20. The molecule has 0 saturated carbocycles. The molecular weight excluding hydrogens is 354 g/mol. The first-order chi connectivity index (χ1) is 11.7. The standard InChI is InChI=1S/C18H27N3O2S2/c1-7-10(4)8-13-11(5)24-17-14(13)16(23)20-18(21-17)25-12(6)15(22)19-9(2)3/h9-10,12H,7-8H2,1-6H3,(H,19,22)(H,20,21,23)/t10-,12+/m0/s1. The second-order valence-electron chi connectivity index (χ2n) is 6.83. The van der Waals surface area contributed by atoms with E-state index < -0.39 is 0 Å². The van der Waals surface area contributed by atoms with Gasteiger partial charge in [-0.1, -0.05) is 32.0 Å². The minimum absolute atomic E-state index is 0.0532. The van der Waals surface area contributed by atoms with E-state index >= 15 is 0 Å². The van der Waals surface area contributed by atoms with E-state index in [0.29, 0.717) is 16.5 Å². The van der Waals surface area contributed by atoms with Crippen LogP contribution in [-0.2, 0) is 11.2 Å². The van der Waals surface area contributed by atoms with E-state index in [1.54, 1.807) is 11.3 Å². The van der Waals surface area contributed by atoms with Gasteiger partial charge in [-0.3, -0.25) is 9.59 Å². The van der Waals surface area contributed by atoms with E-state index in [9.17, 15) is 9.59 Å². The molecule has 5 nitrogen and oxygen atoms in total. The van der Waals surface area contributed by atoms with E-state index in [1.807, 2.05) is 20.8 Å². The van der Waals surface area contributed by atoms with Gasteiger partial charge in [0.05, 0.1) is 10.6 Å². The van der Waals surface area contributed by atoms with Crippen LogP contribution in [-0.4, -0.2) is 27.2 Å². The van der Waals surface area contributed by atoms with Crippen molar-refractivity contribution in [2.45, 2.75) is 70.8 Å². The summed E-state index contributed by atoms with van der Waals surface area (Å²) in [4.78, 5) is 34.1. The van der Waals surface area contributed by atoms with Gasteiger partial charge in [0.1, 0.15) is 4.83 Å². The topological polar surface area (TPSA) is 74.8 Å². The Hall–Kier alpha value is -1.34. The van der Waals surface area contributed by atoms with Crippen molar-refractivity contribution in [2.75, 3.05) is 0 Å². The molecule has 2 rings (SSSR count). The van der Waals surface area contributed by atoms with Gasteiger partial charge in [0.15, 0.2) is 5.16 Å². The first-order valence-corrected chi connectivity index (χ1v) is 10.4. The van der Waals surface area contributed by atoms with Crippen molar-refractivity contribution in [1.29, 1.82) is 0 Å². The number of thiophene rings is 1. The number of thioether (sulfide) groups is 1. The Bertz CT molecular complexity index is 810. The smallest absolute Gasteiger partial charge is 0.260 e. The van der Waals surface area contributed by atoms with Crippen LogP contribution >= 0.6 is 23.1 Å². The summed E-state index contributed by atoms with van der Waals surface area (Å²) in [6.45, 7) is 12.1. The maximum absolute atomic E-state index is 12.6. The lowest BCUT2D eigenvalue weighted by Crippen LogP contribution is -2.36. The highest BCUT2D eigenvalue weighted by Crippen LogP contribution is 2.31. The number of fused-ring (bicyclic) bond motifs is 1. The van der Waals surface area contributed by atoms with Gasteiger partial charge in [0.25, 0.3) is 5.56 Å². The molecule has 1 amide bonds. The first-order valence-electron chi connectivity index (χ1n) is 8.72. The van der Waals surface area contributed by atoms with Gasteiger partial charge in [0.2, 0.25) is 5.91 Å². The maximum Gasteiger partial charge on any atom is 0.260 e. The predicted molar refractivity (Wildman–Crippen MR) is 107 cm³/mol. The third-order valence-electron chi connectivity index (χ3n) is 4.18. The van der Waals surface area contributed by atoms with Gasteiger partial charge in [0, 0.05) is 10.9 Å². The second-order valence-corrected chi connectivity index (χ2v) is 9.36. The summed E-state index contributed by atoms with van der Waals surface area (Å²) in [7, 11) is 0. The van der Waals surface area contributed by atoms with Crippen molar-refractivity contribution < 1.29 is 4.79 Å². The van der Waals surface area contributed by atoms with Crippen molar-refractivity contribution in [3.8, 4) is 0 Å². The number of nitrogens with zero attached hydrogens (tertiary/aromatic N) is 1. The molecule has 2 N–H and O–H groups in total. The molecule has 7 heteroatoms. The normalized spacial score (nSPS) is 14.0. The molecule has 0 saturated heterocycles. The lowest BCUT2D eigenvalue weighted by atomic mass is 9.98. The number of carbonyl (C=O) groups is 1. The summed E-state index contributed by atoms with van der Waals surface area (Å²) in [5.41, 5.74) is 1.01. The Morgan fingerprint density at radius 1 is 1.32 bits per heavy atom. The lowest BCUT2D eigenvalue weighted by Gasteiger charge is -2.13. The average molecular weight is 382 g/mol. The van der Waals surface area contributed by atoms with E-state index in [-0.39, 0.29) is 22.8 Å². The van der Waals surface area contributed by atoms with Crippen molar-refractivity contribution >= 4 is 39.2 Å². The SMILES string of the molecule is CC[C@H](C)Cc1c(C)sc2nc(S[C@H](C)C(=O)NC(C)C)[nH]c(=O)c12. The summed E-state index contributed by atoms with van der Waals surface area (Å²) < 4.78 is 0. The summed E-state index contributed by atoms with van der Waals surface area (Å²) >= 11 is 2.84. The third kappa shape index (κ3) is 4.85. The molecule has 0 aliphatic rings. The van der Waals surface area contributed by atoms with Crippen LogP contribution in [0.3, 0.4) is 0 Å². The molecule has 138 valence electrons. The van der Waals surface area contributed by atoms with Gasteiger partial charge in [-0.05, 0) is 45.6 Å². The number of amides is 1. The number of hydrogen-bond donors (Lipinski definition) is 2. The Balaban J connectivity index is 2.31. The minimum Gasteiger partial charge on any atom is -0.353 e. The first kappa shape index (κ1) is 20.0. The van der Waals surface area contributed by atoms with E-state index in [1.165, 1.54) is 11.8 Å². The quantitative estimate of drug-likeness (QED) is 0.564. The second kappa shape index (κ2) is 8.36. The van der Waals surface area contributed by atoms with E-state index in [0.717, 1.165) is 28.1 Å². The van der Waals surface area contributed by atoms with Crippen LogP contribution < -0.4 is 10.9 Å². The van der Waals surface area contributed by atoms with Gasteiger partial charge in [-0.15, -0.1) is 11.3 Å². The van der Waals surface area contributed by atoms with Crippen molar-refractivity contribution in [3.05, 3.63) is 20.8 Å². The predicted octanol–water partition coefficient (Wildman–Crippen LogP) is 3.89. The van der Waals surface area contributed by atoms with Crippen LogP contribution in [0.15, 0.2) is 9.95 Å². The summed E-state index contributed by atoms with van der Waals surface area (Å²) in [5, 5.41) is 3.78. The molecule has 0 aliphatic carbocycles. The molecule has 2 aromatic heterocycles. The molecule has 2 aromatic rings. The van der Waals surface area contributed by atoms with Crippen molar-refractivity contribution in [3.63, 3.8) is 0 Å². The van der Waals surface area contributed by atoms with Crippen LogP contribution in [0.1, 0.15) is 51.5 Å². The average Bonchev–Trinajstić information content (AvgIpc) is 2.82. The zero-order valence-corrected chi connectivity index (χ0v) is 17.4. The Morgan fingerprint density at radius 3 is 2.60 bits per heavy atom. The van der Waals surface area contributed by atoms with Crippen LogP contribution in [0.2, 0.25) is 0 Å². The zero-order valence-electron chi connectivity index (χ0n) is 15.7. The number of hydrogen-bond acceptors (Lipinski definition) is 5. The Labute approximate surface area is 157 Å². The van der Waals surface area contributed by atoms with Crippen LogP contribution in [0, 0.1) is 12.8 Å². The monoisotopic (exact) mass is 381 g/mol. The number of aromatic nitrogens is 2. The van der Waals surface area contributed by atoms with Crippen molar-refractivity contribution in [1.82, 2.24) is 15.3 Å². The van der Waals surface area contributed by atoms with Gasteiger partial charge in [-0.25, -0.2) is 4.98 Å². The molecule has 0 unspecified atom stereocenters. The maximum atomic E-state index is 12.6. The molecule has 0 radical (unpaired) electrons. The Morgan fingerprint density at radius 2 is 2.00 bits per heavy atom. The van der Waals surface area contributed by atoms with Crippen LogP contribution in [0.4, 0.5) is 0 Å². The number of rotatable bonds is 7. The molecule has 2 atom stereocenters. The highest BCUT2D eigenvalue weighted by molar-refractivity contribution is 8.00. The largest absolute Gasteiger partial charge is 0.353 e. The fourth-order valence-corrected chi connectivity index (χ4v) is 4.49. The number of carbonyl (C=O) groups excluding carboxylic acids is 1. The number of aromatic amines is 1. The fourth-order valence-electron chi connectivity index (χ4n) is 2.57. The molecule has 0 bridgehead atoms. The molecule has 0 fully saturated rings. The number of aryl methyl sites for hydroxylation is 1. The van der Waals surface area contributed by atoms with Crippen LogP contribution in [0.5, 0.6) is 0 Å². The molecule has 25 heavy (non-hydrogen) atoms. The zero-order chi connectivity index (χ0) is 18.7. The van der Waals surface area contributed by atoms with Gasteiger partial charge < -0.3 is 10.3 Å². The number of H-pyrrole nitrogens is 1. The van der Waals surface area contributed by atoms with Crippen molar-refractivity contribution in [2.24, 2.45) is 5.92 Å². The van der Waals surface area contributed by atoms with E-state index in [4.69, 9.17) is 0 Å². The summed E-state index contributed by atoms with van der Waals surface area (Å²) in [5.74, 6) is 0.479. The minimum atomic E-state index is -0.316.